The molecule has 0 aliphatic heterocycles. The van der Waals surface area contributed by atoms with Crippen LogP contribution in [0.2, 0.25) is 0 Å². The van der Waals surface area contributed by atoms with Gasteiger partial charge in [-0.15, -0.1) is 0 Å². The van der Waals surface area contributed by atoms with Gasteiger partial charge in [0, 0.05) is 11.6 Å². The molecule has 56 valence electrons. The number of fused-ring (bicyclic) bond motifs is 1. The van der Waals surface area contributed by atoms with E-state index in [-0.39, 0.29) is 0 Å². The summed E-state index contributed by atoms with van der Waals surface area (Å²) in [5, 5.41) is 2.48. The van der Waals surface area contributed by atoms with Gasteiger partial charge in [-0.05, 0) is 24.1 Å². The molecular weight excluding hydrogens is 155 g/mol. The van der Waals surface area contributed by atoms with E-state index >= 15 is 0 Å². The van der Waals surface area contributed by atoms with Crippen LogP contribution in [0, 0.1) is 6.92 Å². The van der Waals surface area contributed by atoms with E-state index in [1.807, 2.05) is 6.20 Å². The van der Waals surface area contributed by atoms with Crippen molar-refractivity contribution in [3.8, 4) is 0 Å². The Bertz CT molecular complexity index is 392. The van der Waals surface area contributed by atoms with Crippen molar-refractivity contribution >= 4 is 24.8 Å². The summed E-state index contributed by atoms with van der Waals surface area (Å²) in [6.07, 6.45) is 1.84. The predicted molar refractivity (Wildman–Crippen MR) is 50.0 cm³/mol. The first kappa shape index (κ1) is 6.68. The maximum atomic E-state index is 5.72. The van der Waals surface area contributed by atoms with Crippen LogP contribution in [0.5, 0.6) is 0 Å². The van der Waals surface area contributed by atoms with Gasteiger partial charge in [-0.2, -0.15) is 0 Å². The molecule has 2 aromatic heterocycles. The molecule has 3 heteroatoms. The second kappa shape index (κ2) is 2.24. The molecule has 2 heterocycles. The summed E-state index contributed by atoms with van der Waals surface area (Å²) in [4.78, 5) is 3.11. The molecule has 0 bridgehead atoms. The van der Waals surface area contributed by atoms with E-state index in [1.165, 1.54) is 13.5 Å². The van der Waals surface area contributed by atoms with Gasteiger partial charge in [0.2, 0.25) is 0 Å². The van der Waals surface area contributed by atoms with Gasteiger partial charge >= 0.3 is 0 Å². The minimum absolute atomic E-state index is 0.838. The lowest BCUT2D eigenvalue weighted by Crippen LogP contribution is -1.79. The molecule has 3 N–H and O–H groups in total. The second-order valence-corrected chi connectivity index (χ2v) is 3.84. The SMILES string of the molecule is Cc1cc2c(N)c[nH]c2cp1. The maximum absolute atomic E-state index is 5.72. The number of nitrogens with two attached hydrogens (primary N) is 1. The first-order chi connectivity index (χ1) is 5.27. The molecular formula is C8H9N2P. The van der Waals surface area contributed by atoms with E-state index in [0.717, 1.165) is 16.6 Å². The quantitative estimate of drug-likeness (QED) is 0.617. The molecule has 2 aromatic rings. The fourth-order valence-electron chi connectivity index (χ4n) is 1.15. The van der Waals surface area contributed by atoms with Gasteiger partial charge in [-0.1, -0.05) is 8.19 Å². The summed E-state index contributed by atoms with van der Waals surface area (Å²) in [6.45, 7) is 2.10. The van der Waals surface area contributed by atoms with Crippen LogP contribution in [0.1, 0.15) is 5.30 Å². The number of nitrogen functional groups attached to an aromatic ring is 1. The highest BCUT2D eigenvalue weighted by atomic mass is 31.0. The third kappa shape index (κ3) is 0.997. The highest BCUT2D eigenvalue weighted by Crippen LogP contribution is 2.25. The first-order valence-corrected chi connectivity index (χ1v) is 4.43. The molecule has 11 heavy (non-hydrogen) atoms. The van der Waals surface area contributed by atoms with Gasteiger partial charge in [-0.25, -0.2) is 0 Å². The zero-order valence-electron chi connectivity index (χ0n) is 6.26. The molecule has 0 saturated carbocycles. The number of aromatic nitrogens is 1. The van der Waals surface area contributed by atoms with Crippen molar-refractivity contribution in [1.29, 1.82) is 0 Å². The van der Waals surface area contributed by atoms with Crippen molar-refractivity contribution in [2.75, 3.05) is 5.73 Å². The number of hydrogen-bond donors (Lipinski definition) is 2. The lowest BCUT2D eigenvalue weighted by molar-refractivity contribution is 1.48. The molecule has 0 spiro atoms. The van der Waals surface area contributed by atoms with Crippen LogP contribution < -0.4 is 5.73 Å². The third-order valence-corrected chi connectivity index (χ3v) is 2.66. The molecule has 0 aliphatic carbocycles. The van der Waals surface area contributed by atoms with Crippen LogP contribution >= 0.6 is 8.19 Å². The van der Waals surface area contributed by atoms with Crippen LogP contribution in [-0.4, -0.2) is 4.98 Å². The van der Waals surface area contributed by atoms with Gasteiger partial charge in [0.15, 0.2) is 0 Å². The number of anilines is 1. The van der Waals surface area contributed by atoms with Gasteiger partial charge < -0.3 is 10.7 Å². The van der Waals surface area contributed by atoms with E-state index in [2.05, 4.69) is 23.8 Å². The summed E-state index contributed by atoms with van der Waals surface area (Å²) >= 11 is 0. The number of nitrogens with one attached hydrogen (secondary N) is 1. The molecule has 0 fully saturated rings. The maximum Gasteiger partial charge on any atom is 0.0572 e. The fraction of sp³-hybridized carbons (Fsp3) is 0.125. The summed E-state index contributed by atoms with van der Waals surface area (Å²) in [6, 6.07) is 2.13. The van der Waals surface area contributed by atoms with Gasteiger partial charge in [-0.3, -0.25) is 0 Å². The van der Waals surface area contributed by atoms with Crippen LogP contribution in [0.3, 0.4) is 0 Å². The second-order valence-electron chi connectivity index (χ2n) is 2.62. The molecule has 0 aromatic carbocycles. The van der Waals surface area contributed by atoms with Gasteiger partial charge in [0.25, 0.3) is 0 Å². The minimum Gasteiger partial charge on any atom is -0.397 e. The topological polar surface area (TPSA) is 41.8 Å². The van der Waals surface area contributed by atoms with Crippen LogP contribution in [-0.2, 0) is 0 Å². The Morgan fingerprint density at radius 1 is 1.55 bits per heavy atom. The Hall–Kier alpha value is -1.01. The average Bonchev–Trinajstić information content (AvgIpc) is 2.33. The summed E-state index contributed by atoms with van der Waals surface area (Å²) in [7, 11) is 1.26. The number of aryl methyl sites for hydroxylation is 1. The van der Waals surface area contributed by atoms with Crippen molar-refractivity contribution in [3.63, 3.8) is 0 Å². The lowest BCUT2D eigenvalue weighted by atomic mass is 10.3. The molecule has 0 amide bonds. The van der Waals surface area contributed by atoms with Crippen molar-refractivity contribution in [1.82, 2.24) is 4.98 Å². The Morgan fingerprint density at radius 2 is 2.36 bits per heavy atom. The molecule has 2 nitrogen and oxygen atoms in total. The number of hydrogen-bond acceptors (Lipinski definition) is 1. The third-order valence-electron chi connectivity index (χ3n) is 1.73. The average molecular weight is 164 g/mol. The van der Waals surface area contributed by atoms with Gasteiger partial charge in [0.05, 0.1) is 11.2 Å². The lowest BCUT2D eigenvalue weighted by Gasteiger charge is -1.92. The zero-order valence-corrected chi connectivity index (χ0v) is 7.15. The summed E-state index contributed by atoms with van der Waals surface area (Å²) < 4.78 is 0. The van der Waals surface area contributed by atoms with Crippen molar-refractivity contribution in [2.45, 2.75) is 6.92 Å². The molecule has 0 radical (unpaired) electrons. The smallest absolute Gasteiger partial charge is 0.0572 e. The van der Waals surface area contributed by atoms with Crippen LogP contribution in [0.4, 0.5) is 5.69 Å². The van der Waals surface area contributed by atoms with E-state index in [0.29, 0.717) is 0 Å². The van der Waals surface area contributed by atoms with E-state index < -0.39 is 0 Å². The zero-order chi connectivity index (χ0) is 7.84. The number of H-pyrrole nitrogens is 1. The molecule has 0 unspecified atom stereocenters. The highest BCUT2D eigenvalue weighted by Gasteiger charge is 1.98. The molecule has 0 saturated heterocycles. The standard InChI is InChI=1S/C8H9N2P/c1-5-2-6-7(9)3-10-8(6)4-11-5/h2-4,10H,9H2,1H3. The monoisotopic (exact) mass is 164 g/mol. The Balaban J connectivity index is 2.87. The van der Waals surface area contributed by atoms with Crippen molar-refractivity contribution in [2.24, 2.45) is 0 Å². The van der Waals surface area contributed by atoms with E-state index in [1.54, 1.807) is 0 Å². The van der Waals surface area contributed by atoms with Crippen molar-refractivity contribution in [3.05, 3.63) is 23.4 Å². The normalized spacial score (nSPS) is 11.4. The van der Waals surface area contributed by atoms with Crippen LogP contribution in [0.25, 0.3) is 10.9 Å². The Labute approximate surface area is 66.5 Å². The predicted octanol–water partition coefficient (Wildman–Crippen LogP) is 2.64. The molecule has 0 aliphatic rings. The minimum atomic E-state index is 0.838. The number of aromatic amines is 1. The van der Waals surface area contributed by atoms with E-state index in [4.69, 9.17) is 5.73 Å². The summed E-state index contributed by atoms with van der Waals surface area (Å²) in [5.74, 6) is 2.14. The Morgan fingerprint density at radius 3 is 3.18 bits per heavy atom. The van der Waals surface area contributed by atoms with Crippen LogP contribution in [0.15, 0.2) is 18.1 Å². The van der Waals surface area contributed by atoms with Gasteiger partial charge in [0.1, 0.15) is 0 Å². The van der Waals surface area contributed by atoms with E-state index in [9.17, 15) is 0 Å². The fourth-order valence-corrected chi connectivity index (χ4v) is 1.90. The highest BCUT2D eigenvalue weighted by molar-refractivity contribution is 7.30. The summed E-state index contributed by atoms with van der Waals surface area (Å²) in [5.41, 5.74) is 7.71. The molecule has 0 atom stereocenters. The first-order valence-electron chi connectivity index (χ1n) is 3.46. The number of rotatable bonds is 0. The molecule has 2 rings (SSSR count). The van der Waals surface area contributed by atoms with Crippen molar-refractivity contribution < 1.29 is 0 Å². The largest absolute Gasteiger partial charge is 0.397 e. The Kier molecular flexibility index (Phi) is 1.36.